The molecule has 0 amide bonds. The van der Waals surface area contributed by atoms with E-state index in [0.29, 0.717) is 11.8 Å². The number of hydrogen-bond donors (Lipinski definition) is 3. The number of pyridine rings is 1. The van der Waals surface area contributed by atoms with Crippen molar-refractivity contribution in [2.45, 2.75) is 25.0 Å². The number of phenolic OH excluding ortho intramolecular Hbond substituents is 1. The molecule has 120 valence electrons. The highest BCUT2D eigenvalue weighted by atomic mass is 16.3. The Morgan fingerprint density at radius 1 is 1.35 bits per heavy atom. The maximum Gasteiger partial charge on any atom is 0.131 e. The summed E-state index contributed by atoms with van der Waals surface area (Å²) >= 11 is 0. The fraction of sp³-hybridized carbons (Fsp3) is 0.421. The van der Waals surface area contributed by atoms with E-state index >= 15 is 0 Å². The molecule has 0 saturated carbocycles. The molecule has 3 aliphatic rings. The first kappa shape index (κ1) is 14.7. The van der Waals surface area contributed by atoms with Gasteiger partial charge in [-0.05, 0) is 35.7 Å². The summed E-state index contributed by atoms with van der Waals surface area (Å²) in [7, 11) is 0. The lowest BCUT2D eigenvalue weighted by atomic mass is 9.73. The number of quaternary nitrogens is 1. The second kappa shape index (κ2) is 5.62. The van der Waals surface area contributed by atoms with Gasteiger partial charge in [0.1, 0.15) is 17.9 Å². The molecule has 2 aromatic rings. The molecule has 4 heteroatoms. The quantitative estimate of drug-likeness (QED) is 0.752. The third-order valence-corrected chi connectivity index (χ3v) is 5.78. The number of nitrogens with zero attached hydrogens (tertiary/aromatic N) is 1. The molecule has 4 heterocycles. The molecule has 2 bridgehead atoms. The molecular formula is C19H23N2O2+. The highest BCUT2D eigenvalue weighted by Gasteiger charge is 2.45. The average Bonchev–Trinajstić information content (AvgIpc) is 2.60. The second-order valence-electron chi connectivity index (χ2n) is 6.95. The summed E-state index contributed by atoms with van der Waals surface area (Å²) in [4.78, 5) is 5.82. The van der Waals surface area contributed by atoms with Gasteiger partial charge < -0.3 is 15.1 Å². The van der Waals surface area contributed by atoms with Crippen molar-refractivity contribution in [3.63, 3.8) is 0 Å². The molecule has 4 nitrogen and oxygen atoms in total. The van der Waals surface area contributed by atoms with Crippen LogP contribution in [0.15, 0.2) is 43.1 Å². The van der Waals surface area contributed by atoms with Gasteiger partial charge in [0.25, 0.3) is 0 Å². The van der Waals surface area contributed by atoms with Gasteiger partial charge in [-0.25, -0.2) is 0 Å². The van der Waals surface area contributed by atoms with Crippen LogP contribution in [0, 0.1) is 11.8 Å². The van der Waals surface area contributed by atoms with Crippen LogP contribution in [0.5, 0.6) is 5.75 Å². The largest absolute Gasteiger partial charge is 0.508 e. The molecule has 1 aromatic carbocycles. The van der Waals surface area contributed by atoms with Gasteiger partial charge in [0.2, 0.25) is 0 Å². The van der Waals surface area contributed by atoms with E-state index in [-0.39, 0.29) is 11.8 Å². The summed E-state index contributed by atoms with van der Waals surface area (Å²) in [5.74, 6) is 1.44. The number of piperidine rings is 3. The van der Waals surface area contributed by atoms with Crippen molar-refractivity contribution in [2.75, 3.05) is 13.1 Å². The Bertz CT molecular complexity index is 745. The summed E-state index contributed by atoms with van der Waals surface area (Å²) in [6.45, 7) is 6.17. The van der Waals surface area contributed by atoms with E-state index in [1.807, 2.05) is 6.07 Å². The van der Waals surface area contributed by atoms with E-state index in [9.17, 15) is 10.2 Å². The molecule has 0 aliphatic carbocycles. The van der Waals surface area contributed by atoms with Crippen LogP contribution in [0.2, 0.25) is 0 Å². The molecule has 0 spiro atoms. The normalized spacial score (nSPS) is 31.2. The maximum atomic E-state index is 11.1. The van der Waals surface area contributed by atoms with Crippen molar-refractivity contribution in [3.8, 4) is 5.75 Å². The van der Waals surface area contributed by atoms with Crippen LogP contribution in [0.1, 0.15) is 24.5 Å². The molecule has 3 saturated heterocycles. The smallest absolute Gasteiger partial charge is 0.131 e. The van der Waals surface area contributed by atoms with E-state index in [0.717, 1.165) is 36.0 Å². The minimum absolute atomic E-state index is 0.212. The Kier molecular flexibility index (Phi) is 3.58. The van der Waals surface area contributed by atoms with Gasteiger partial charge in [-0.3, -0.25) is 4.98 Å². The van der Waals surface area contributed by atoms with Crippen molar-refractivity contribution < 1.29 is 15.1 Å². The Balaban J connectivity index is 1.69. The average molecular weight is 311 g/mol. The lowest BCUT2D eigenvalue weighted by Gasteiger charge is -2.47. The summed E-state index contributed by atoms with van der Waals surface area (Å²) in [5, 5.41) is 21.7. The number of phenols is 1. The number of nitrogens with one attached hydrogen (secondary N) is 1. The standard InChI is InChI=1S/C19H22N2O2/c1-2-12-11-21-8-6-13(12)9-18(21)19(23)15-5-7-20-17-4-3-14(22)10-16(15)17/h2-5,7,10,12-13,18-19,22-23H,1,6,8-9,11H2/p+1/t12-,13-,18+,19+/m0/s1. The zero-order chi connectivity index (χ0) is 16.0. The second-order valence-corrected chi connectivity index (χ2v) is 6.95. The van der Waals surface area contributed by atoms with Gasteiger partial charge in [0.05, 0.1) is 18.6 Å². The molecular weight excluding hydrogens is 288 g/mol. The van der Waals surface area contributed by atoms with Crippen molar-refractivity contribution in [1.29, 1.82) is 0 Å². The number of aliphatic hydroxyl groups excluding tert-OH is 1. The topological polar surface area (TPSA) is 57.8 Å². The number of hydrogen-bond acceptors (Lipinski definition) is 3. The van der Waals surface area contributed by atoms with Crippen molar-refractivity contribution in [1.82, 2.24) is 4.98 Å². The zero-order valence-corrected chi connectivity index (χ0v) is 13.2. The Morgan fingerprint density at radius 2 is 2.22 bits per heavy atom. The number of benzene rings is 1. The van der Waals surface area contributed by atoms with Crippen molar-refractivity contribution >= 4 is 10.9 Å². The van der Waals surface area contributed by atoms with Crippen LogP contribution in [0.3, 0.4) is 0 Å². The lowest BCUT2D eigenvalue weighted by molar-refractivity contribution is -0.949. The fourth-order valence-electron chi connectivity index (χ4n) is 4.54. The van der Waals surface area contributed by atoms with Gasteiger partial charge in [-0.1, -0.05) is 6.08 Å². The molecule has 3 aliphatic heterocycles. The minimum Gasteiger partial charge on any atom is -0.508 e. The predicted molar refractivity (Wildman–Crippen MR) is 89.3 cm³/mol. The molecule has 5 rings (SSSR count). The number of aromatic nitrogens is 1. The van der Waals surface area contributed by atoms with Crippen LogP contribution < -0.4 is 4.90 Å². The van der Waals surface area contributed by atoms with Crippen LogP contribution in [-0.2, 0) is 0 Å². The van der Waals surface area contributed by atoms with E-state index in [4.69, 9.17) is 0 Å². The van der Waals surface area contributed by atoms with E-state index < -0.39 is 6.10 Å². The van der Waals surface area contributed by atoms with Gasteiger partial charge >= 0.3 is 0 Å². The van der Waals surface area contributed by atoms with Crippen LogP contribution >= 0.6 is 0 Å². The van der Waals surface area contributed by atoms with E-state index in [2.05, 4.69) is 17.6 Å². The molecule has 5 atom stereocenters. The number of aliphatic hydroxyl groups is 1. The first-order valence-corrected chi connectivity index (χ1v) is 8.40. The van der Waals surface area contributed by atoms with Gasteiger partial charge in [-0.2, -0.15) is 0 Å². The Labute approximate surface area is 136 Å². The maximum absolute atomic E-state index is 11.1. The SMILES string of the molecule is C=C[C@H]1C[NH+]2CC[C@H]1C[C@@H]2[C@H](O)c1ccnc2ccc(O)cc12. The predicted octanol–water partition coefficient (Wildman–Crippen LogP) is 1.45. The molecule has 1 unspecified atom stereocenters. The molecule has 23 heavy (non-hydrogen) atoms. The first-order chi connectivity index (χ1) is 11.2. The summed E-state index contributed by atoms with van der Waals surface area (Å²) in [5.41, 5.74) is 1.69. The van der Waals surface area contributed by atoms with E-state index in [1.54, 1.807) is 24.4 Å². The fourth-order valence-corrected chi connectivity index (χ4v) is 4.54. The zero-order valence-electron chi connectivity index (χ0n) is 13.2. The highest BCUT2D eigenvalue weighted by molar-refractivity contribution is 5.83. The number of rotatable bonds is 3. The van der Waals surface area contributed by atoms with Crippen LogP contribution in [0.25, 0.3) is 10.9 Å². The number of aromatic hydroxyl groups is 1. The third kappa shape index (κ3) is 2.42. The molecule has 3 fully saturated rings. The molecule has 1 aromatic heterocycles. The molecule has 3 N–H and O–H groups in total. The Morgan fingerprint density at radius 3 is 2.96 bits per heavy atom. The Hall–Kier alpha value is -1.91. The minimum atomic E-state index is -0.522. The van der Waals surface area contributed by atoms with Crippen molar-refractivity contribution in [2.24, 2.45) is 11.8 Å². The third-order valence-electron chi connectivity index (χ3n) is 5.78. The van der Waals surface area contributed by atoms with Gasteiger partial charge in [0, 0.05) is 30.3 Å². The molecule has 0 radical (unpaired) electrons. The summed E-state index contributed by atoms with van der Waals surface area (Å²) in [6.07, 6.45) is 5.58. The van der Waals surface area contributed by atoms with Crippen LogP contribution in [0.4, 0.5) is 0 Å². The summed E-state index contributed by atoms with van der Waals surface area (Å²) < 4.78 is 0. The van der Waals surface area contributed by atoms with Gasteiger partial charge in [-0.15, -0.1) is 6.58 Å². The van der Waals surface area contributed by atoms with E-state index in [1.165, 1.54) is 11.3 Å². The summed E-state index contributed by atoms with van der Waals surface area (Å²) in [6, 6.07) is 7.25. The van der Waals surface area contributed by atoms with Gasteiger partial charge in [0.15, 0.2) is 0 Å². The highest BCUT2D eigenvalue weighted by Crippen LogP contribution is 2.34. The van der Waals surface area contributed by atoms with Crippen LogP contribution in [-0.4, -0.2) is 34.3 Å². The van der Waals surface area contributed by atoms with Crippen molar-refractivity contribution in [3.05, 3.63) is 48.7 Å². The number of fused-ring (bicyclic) bond motifs is 4. The lowest BCUT2D eigenvalue weighted by Crippen LogP contribution is -3.20. The monoisotopic (exact) mass is 311 g/mol. The first-order valence-electron chi connectivity index (χ1n) is 8.40.